The summed E-state index contributed by atoms with van der Waals surface area (Å²) in [5.74, 6) is -1.31. The molecule has 0 spiro atoms. The molecule has 0 bridgehead atoms. The molecule has 0 saturated carbocycles. The van der Waals surface area contributed by atoms with Gasteiger partial charge in [-0.15, -0.1) is 12.4 Å². The van der Waals surface area contributed by atoms with Crippen LogP contribution in [0.1, 0.15) is 11.3 Å². The number of hydrogen-bond acceptors (Lipinski definition) is 3. The minimum atomic E-state index is -0.565. The molecule has 0 aliphatic carbocycles. The molecule has 0 atom stereocenters. The molecule has 5 nitrogen and oxygen atoms in total. The van der Waals surface area contributed by atoms with E-state index >= 15 is 0 Å². The first-order chi connectivity index (χ1) is 10.1. The molecule has 2 aromatic heterocycles. The summed E-state index contributed by atoms with van der Waals surface area (Å²) in [4.78, 5) is 4.06. The molecular formula is C14H12ClF2N5. The van der Waals surface area contributed by atoms with Gasteiger partial charge < -0.3 is 5.73 Å². The Kier molecular flexibility index (Phi) is 4.37. The maximum absolute atomic E-state index is 13.9. The number of nitrogens with one attached hydrogen (secondary N) is 1. The van der Waals surface area contributed by atoms with Gasteiger partial charge in [-0.3, -0.25) is 5.41 Å². The fraction of sp³-hybridized carbons (Fsp3) is 0.0714. The Morgan fingerprint density at radius 1 is 1.18 bits per heavy atom. The van der Waals surface area contributed by atoms with E-state index in [1.807, 2.05) is 0 Å². The SMILES string of the molecule is Cl.N=C(N)c1nn(Cc2ccccc2F)c2nccc(F)c12. The van der Waals surface area contributed by atoms with E-state index in [1.165, 1.54) is 23.0 Å². The van der Waals surface area contributed by atoms with Gasteiger partial charge in [-0.1, -0.05) is 18.2 Å². The quantitative estimate of drug-likeness (QED) is 0.574. The van der Waals surface area contributed by atoms with Crippen LogP contribution < -0.4 is 5.73 Å². The highest BCUT2D eigenvalue weighted by Crippen LogP contribution is 2.21. The van der Waals surface area contributed by atoms with Gasteiger partial charge in [-0.05, 0) is 12.1 Å². The van der Waals surface area contributed by atoms with Gasteiger partial charge >= 0.3 is 0 Å². The molecule has 22 heavy (non-hydrogen) atoms. The smallest absolute Gasteiger partial charge is 0.161 e. The van der Waals surface area contributed by atoms with Gasteiger partial charge in [0.05, 0.1) is 11.9 Å². The molecule has 114 valence electrons. The zero-order chi connectivity index (χ0) is 15.0. The number of nitrogen functional groups attached to an aromatic ring is 1. The number of nitrogens with two attached hydrogens (primary N) is 1. The second-order valence-corrected chi connectivity index (χ2v) is 4.50. The second kappa shape index (κ2) is 6.07. The standard InChI is InChI=1S/C14H11F2N5.ClH/c15-9-4-2-1-3-8(9)7-21-14-11(10(16)5-6-19-14)12(20-21)13(17)18;/h1-6H,7H2,(H3,17,18);1H. The third-order valence-electron chi connectivity index (χ3n) is 3.12. The monoisotopic (exact) mass is 323 g/mol. The highest BCUT2D eigenvalue weighted by atomic mass is 35.5. The number of benzene rings is 1. The van der Waals surface area contributed by atoms with E-state index in [0.29, 0.717) is 5.56 Å². The normalized spacial score (nSPS) is 10.5. The van der Waals surface area contributed by atoms with Gasteiger partial charge in [0.1, 0.15) is 23.2 Å². The van der Waals surface area contributed by atoms with Crippen molar-refractivity contribution in [2.24, 2.45) is 5.73 Å². The molecule has 0 fully saturated rings. The first-order valence-corrected chi connectivity index (χ1v) is 6.16. The molecule has 0 radical (unpaired) electrons. The van der Waals surface area contributed by atoms with Crippen molar-refractivity contribution >= 4 is 29.3 Å². The van der Waals surface area contributed by atoms with Crippen molar-refractivity contribution in [1.82, 2.24) is 14.8 Å². The van der Waals surface area contributed by atoms with Crippen LogP contribution in [0.25, 0.3) is 11.0 Å². The molecule has 0 aliphatic rings. The molecular weight excluding hydrogens is 312 g/mol. The average molecular weight is 324 g/mol. The number of halogens is 3. The summed E-state index contributed by atoms with van der Waals surface area (Å²) in [6.07, 6.45) is 1.29. The molecule has 3 N–H and O–H groups in total. The van der Waals surface area contributed by atoms with Crippen LogP contribution in [0.5, 0.6) is 0 Å². The molecule has 0 aliphatic heterocycles. The Labute approximate surface area is 130 Å². The third kappa shape index (κ3) is 2.62. The zero-order valence-corrected chi connectivity index (χ0v) is 12.1. The van der Waals surface area contributed by atoms with E-state index in [0.717, 1.165) is 0 Å². The summed E-state index contributed by atoms with van der Waals surface area (Å²) in [7, 11) is 0. The number of nitrogens with zero attached hydrogens (tertiary/aromatic N) is 3. The Bertz CT molecular complexity index is 846. The minimum absolute atomic E-state index is 0. The number of fused-ring (bicyclic) bond motifs is 1. The summed E-state index contributed by atoms with van der Waals surface area (Å²) in [5, 5.41) is 11.6. The summed E-state index contributed by atoms with van der Waals surface area (Å²) in [5.41, 5.74) is 6.05. The van der Waals surface area contributed by atoms with Crippen LogP contribution in [0, 0.1) is 17.0 Å². The van der Waals surface area contributed by atoms with E-state index in [-0.39, 0.29) is 47.3 Å². The molecule has 3 aromatic rings. The van der Waals surface area contributed by atoms with E-state index in [4.69, 9.17) is 11.1 Å². The largest absolute Gasteiger partial charge is 0.382 e. The van der Waals surface area contributed by atoms with Crippen LogP contribution in [-0.4, -0.2) is 20.6 Å². The highest BCUT2D eigenvalue weighted by Gasteiger charge is 2.18. The number of rotatable bonds is 3. The third-order valence-corrected chi connectivity index (χ3v) is 3.12. The van der Waals surface area contributed by atoms with Crippen molar-refractivity contribution in [2.75, 3.05) is 0 Å². The fourth-order valence-electron chi connectivity index (χ4n) is 2.15. The van der Waals surface area contributed by atoms with Gasteiger partial charge in [0.15, 0.2) is 5.65 Å². The van der Waals surface area contributed by atoms with Crippen molar-refractivity contribution in [2.45, 2.75) is 6.54 Å². The molecule has 0 unspecified atom stereocenters. The Morgan fingerprint density at radius 2 is 1.91 bits per heavy atom. The lowest BCUT2D eigenvalue weighted by atomic mass is 10.2. The van der Waals surface area contributed by atoms with Crippen molar-refractivity contribution in [3.8, 4) is 0 Å². The van der Waals surface area contributed by atoms with Crippen molar-refractivity contribution in [3.63, 3.8) is 0 Å². The topological polar surface area (TPSA) is 80.6 Å². The highest BCUT2D eigenvalue weighted by molar-refractivity contribution is 6.04. The Morgan fingerprint density at radius 3 is 2.59 bits per heavy atom. The first kappa shape index (κ1) is 15.8. The van der Waals surface area contributed by atoms with Crippen LogP contribution in [-0.2, 0) is 6.54 Å². The van der Waals surface area contributed by atoms with E-state index in [9.17, 15) is 8.78 Å². The van der Waals surface area contributed by atoms with Crippen LogP contribution >= 0.6 is 12.4 Å². The summed E-state index contributed by atoms with van der Waals surface area (Å²) in [6.45, 7) is 0.0763. The maximum Gasteiger partial charge on any atom is 0.161 e. The minimum Gasteiger partial charge on any atom is -0.382 e. The predicted octanol–water partition coefficient (Wildman–Crippen LogP) is 2.46. The second-order valence-electron chi connectivity index (χ2n) is 4.50. The zero-order valence-electron chi connectivity index (χ0n) is 11.3. The molecule has 8 heteroatoms. The summed E-state index contributed by atoms with van der Waals surface area (Å²) in [6, 6.07) is 7.39. The van der Waals surface area contributed by atoms with Crippen molar-refractivity contribution < 1.29 is 8.78 Å². The van der Waals surface area contributed by atoms with Gasteiger partial charge in [0.2, 0.25) is 0 Å². The van der Waals surface area contributed by atoms with Crippen LogP contribution in [0.2, 0.25) is 0 Å². The van der Waals surface area contributed by atoms with Gasteiger partial charge in [-0.2, -0.15) is 5.10 Å². The van der Waals surface area contributed by atoms with Gasteiger partial charge in [0, 0.05) is 11.8 Å². The molecule has 0 amide bonds. The fourth-order valence-corrected chi connectivity index (χ4v) is 2.15. The maximum atomic E-state index is 13.9. The average Bonchev–Trinajstić information content (AvgIpc) is 2.82. The van der Waals surface area contributed by atoms with Crippen molar-refractivity contribution in [1.29, 1.82) is 5.41 Å². The Hall–Kier alpha value is -2.54. The number of amidine groups is 1. The summed E-state index contributed by atoms with van der Waals surface area (Å²) < 4.78 is 29.0. The first-order valence-electron chi connectivity index (χ1n) is 6.16. The molecule has 2 heterocycles. The molecule has 1 aromatic carbocycles. The van der Waals surface area contributed by atoms with Crippen LogP contribution in [0.4, 0.5) is 8.78 Å². The van der Waals surface area contributed by atoms with E-state index in [2.05, 4.69) is 10.1 Å². The van der Waals surface area contributed by atoms with Crippen LogP contribution in [0.15, 0.2) is 36.5 Å². The van der Waals surface area contributed by atoms with Gasteiger partial charge in [0.25, 0.3) is 0 Å². The van der Waals surface area contributed by atoms with E-state index < -0.39 is 5.82 Å². The lowest BCUT2D eigenvalue weighted by molar-refractivity contribution is 0.588. The van der Waals surface area contributed by atoms with E-state index in [1.54, 1.807) is 18.2 Å². The number of aromatic nitrogens is 3. The molecule has 3 rings (SSSR count). The summed E-state index contributed by atoms with van der Waals surface area (Å²) >= 11 is 0. The molecule has 0 saturated heterocycles. The van der Waals surface area contributed by atoms with Gasteiger partial charge in [-0.25, -0.2) is 18.4 Å². The number of pyridine rings is 1. The Balaban J connectivity index is 0.00000176. The predicted molar refractivity (Wildman–Crippen MR) is 81.3 cm³/mol. The lowest BCUT2D eigenvalue weighted by Gasteiger charge is -2.04. The lowest BCUT2D eigenvalue weighted by Crippen LogP contribution is -2.13. The number of hydrogen-bond donors (Lipinski definition) is 2. The van der Waals surface area contributed by atoms with Crippen LogP contribution in [0.3, 0.4) is 0 Å². The van der Waals surface area contributed by atoms with Crippen molar-refractivity contribution in [3.05, 3.63) is 59.4 Å².